The van der Waals surface area contributed by atoms with Crippen LogP contribution in [0.25, 0.3) is 17.0 Å². The van der Waals surface area contributed by atoms with Crippen molar-refractivity contribution in [2.45, 2.75) is 0 Å². The topological polar surface area (TPSA) is 76.4 Å². The number of carbonyl (C=O) groups excluding carboxylic acids is 3. The van der Waals surface area contributed by atoms with Gasteiger partial charge in [-0.15, -0.1) is 0 Å². The number of hydrogen-bond donors (Lipinski definition) is 1. The quantitative estimate of drug-likeness (QED) is 0.526. The molecule has 0 saturated carbocycles. The summed E-state index contributed by atoms with van der Waals surface area (Å²) in [5, 5.41) is 3.02. The first-order valence-electron chi connectivity index (χ1n) is 7.58. The van der Waals surface area contributed by atoms with E-state index in [4.69, 9.17) is 16.0 Å². The van der Waals surface area contributed by atoms with Crippen LogP contribution >= 0.6 is 23.4 Å². The van der Waals surface area contributed by atoms with Crippen molar-refractivity contribution in [1.29, 1.82) is 0 Å². The number of thioether (sulfide) groups is 1. The fraction of sp³-hybridized carbons (Fsp3) is 0. The van der Waals surface area contributed by atoms with Gasteiger partial charge in [-0.05, 0) is 53.7 Å². The van der Waals surface area contributed by atoms with Gasteiger partial charge in [0.25, 0.3) is 11.1 Å². The van der Waals surface area contributed by atoms with E-state index in [2.05, 4.69) is 5.32 Å². The highest BCUT2D eigenvalue weighted by atomic mass is 35.5. The van der Waals surface area contributed by atoms with Crippen LogP contribution in [0, 0.1) is 0 Å². The molecule has 1 saturated heterocycles. The zero-order valence-electron chi connectivity index (χ0n) is 13.1. The number of nitrogens with one attached hydrogen (secondary N) is 1. The Morgan fingerprint density at radius 1 is 1.12 bits per heavy atom. The number of fused-ring (bicyclic) bond motifs is 1. The van der Waals surface area contributed by atoms with Crippen LogP contribution in [0.5, 0.6) is 0 Å². The maximum Gasteiger partial charge on any atom is 0.290 e. The summed E-state index contributed by atoms with van der Waals surface area (Å²) in [7, 11) is 0. The third kappa shape index (κ3) is 3.16. The summed E-state index contributed by atoms with van der Waals surface area (Å²) in [6.45, 7) is 0. The van der Waals surface area contributed by atoms with E-state index in [1.165, 1.54) is 0 Å². The maximum atomic E-state index is 12.6. The number of hydrogen-bond acceptors (Lipinski definition) is 5. The minimum atomic E-state index is -0.413. The van der Waals surface area contributed by atoms with Crippen molar-refractivity contribution in [2.75, 3.05) is 0 Å². The van der Waals surface area contributed by atoms with E-state index in [1.807, 2.05) is 0 Å². The first-order chi connectivity index (χ1) is 12.5. The van der Waals surface area contributed by atoms with Crippen molar-refractivity contribution in [3.63, 3.8) is 0 Å². The molecule has 1 aromatic heterocycles. The number of benzene rings is 2. The first-order valence-corrected chi connectivity index (χ1v) is 8.78. The second-order valence-corrected chi connectivity index (χ2v) is 7.05. The fourth-order valence-electron chi connectivity index (χ4n) is 2.61. The van der Waals surface area contributed by atoms with Gasteiger partial charge in [0.05, 0.1) is 4.91 Å². The minimum absolute atomic E-state index is 0.204. The molecule has 2 aromatic carbocycles. The lowest BCUT2D eigenvalue weighted by Crippen LogP contribution is -2.17. The Morgan fingerprint density at radius 2 is 1.96 bits per heavy atom. The average molecular weight is 384 g/mol. The molecule has 0 unspecified atom stereocenters. The number of furan rings is 1. The molecule has 1 aliphatic heterocycles. The van der Waals surface area contributed by atoms with Crippen LogP contribution in [0.2, 0.25) is 5.02 Å². The van der Waals surface area contributed by atoms with Gasteiger partial charge >= 0.3 is 0 Å². The standard InChI is InChI=1S/C19H10ClNO4S/c20-13-3-1-2-11(8-13)17(22)15-9-12-6-10(4-5-14(12)25-15)7-16-18(23)21-19(24)26-16/h1-9H,(H,21,23,24)/b16-7-. The molecule has 3 aromatic rings. The molecule has 7 heteroatoms. The summed E-state index contributed by atoms with van der Waals surface area (Å²) < 4.78 is 5.64. The second kappa shape index (κ2) is 6.48. The van der Waals surface area contributed by atoms with Gasteiger partial charge < -0.3 is 4.42 Å². The van der Waals surface area contributed by atoms with E-state index in [-0.39, 0.29) is 16.8 Å². The van der Waals surface area contributed by atoms with Crippen molar-refractivity contribution in [2.24, 2.45) is 0 Å². The molecule has 5 nitrogen and oxygen atoms in total. The smallest absolute Gasteiger partial charge is 0.290 e. The zero-order chi connectivity index (χ0) is 18.3. The van der Waals surface area contributed by atoms with E-state index < -0.39 is 5.91 Å². The van der Waals surface area contributed by atoms with Crippen molar-refractivity contribution < 1.29 is 18.8 Å². The molecule has 2 heterocycles. The third-order valence-electron chi connectivity index (χ3n) is 3.79. The lowest BCUT2D eigenvalue weighted by atomic mass is 10.1. The van der Waals surface area contributed by atoms with Crippen LogP contribution in [0.4, 0.5) is 4.79 Å². The largest absolute Gasteiger partial charge is 0.453 e. The highest BCUT2D eigenvalue weighted by Crippen LogP contribution is 2.28. The Balaban J connectivity index is 1.68. The van der Waals surface area contributed by atoms with Gasteiger partial charge in [0.1, 0.15) is 5.58 Å². The number of ketones is 1. The molecule has 128 valence electrons. The summed E-state index contributed by atoms with van der Waals surface area (Å²) in [6, 6.07) is 13.6. The van der Waals surface area contributed by atoms with Gasteiger partial charge in [-0.2, -0.15) is 0 Å². The van der Waals surface area contributed by atoms with Gasteiger partial charge in [-0.25, -0.2) is 0 Å². The normalized spacial score (nSPS) is 15.7. The Kier molecular flexibility index (Phi) is 4.14. The Morgan fingerprint density at radius 3 is 2.69 bits per heavy atom. The molecule has 26 heavy (non-hydrogen) atoms. The number of amides is 2. The summed E-state index contributed by atoms with van der Waals surface area (Å²) in [5.41, 5.74) is 1.72. The van der Waals surface area contributed by atoms with Crippen molar-refractivity contribution in [1.82, 2.24) is 5.32 Å². The zero-order valence-corrected chi connectivity index (χ0v) is 14.7. The predicted octanol–water partition coefficient (Wildman–Crippen LogP) is 4.64. The Hall–Kier alpha value is -2.83. The van der Waals surface area contributed by atoms with E-state index in [0.29, 0.717) is 21.1 Å². The van der Waals surface area contributed by atoms with Crippen molar-refractivity contribution in [3.05, 3.63) is 75.3 Å². The van der Waals surface area contributed by atoms with E-state index in [9.17, 15) is 14.4 Å². The lowest BCUT2D eigenvalue weighted by molar-refractivity contribution is -0.115. The molecule has 4 rings (SSSR count). The highest BCUT2D eigenvalue weighted by Gasteiger charge is 2.25. The molecule has 0 bridgehead atoms. The number of carbonyl (C=O) groups is 3. The SMILES string of the molecule is O=C1NC(=O)/C(=C/c2ccc3oc(C(=O)c4cccc(Cl)c4)cc3c2)S1. The Bertz CT molecular complexity index is 1120. The molecule has 1 aliphatic rings. The molecule has 1 fully saturated rings. The summed E-state index contributed by atoms with van der Waals surface area (Å²) in [4.78, 5) is 35.7. The lowest BCUT2D eigenvalue weighted by Gasteiger charge is -1.97. The van der Waals surface area contributed by atoms with Gasteiger partial charge in [0.2, 0.25) is 5.78 Å². The predicted molar refractivity (Wildman–Crippen MR) is 100 cm³/mol. The van der Waals surface area contributed by atoms with E-state index >= 15 is 0 Å². The number of halogens is 1. The molecule has 2 amide bonds. The molecular formula is C19H10ClNO4S. The van der Waals surface area contributed by atoms with Crippen molar-refractivity contribution in [3.8, 4) is 0 Å². The number of rotatable bonds is 3. The minimum Gasteiger partial charge on any atom is -0.453 e. The van der Waals surface area contributed by atoms with Crippen LogP contribution < -0.4 is 5.32 Å². The van der Waals surface area contributed by atoms with Crippen LogP contribution in [-0.2, 0) is 4.79 Å². The van der Waals surface area contributed by atoms with E-state index in [0.717, 1.165) is 22.7 Å². The molecule has 0 radical (unpaired) electrons. The summed E-state index contributed by atoms with van der Waals surface area (Å²) >= 11 is 6.79. The average Bonchev–Trinajstić information content (AvgIpc) is 3.16. The van der Waals surface area contributed by atoms with Gasteiger partial charge in [-0.3, -0.25) is 19.7 Å². The maximum absolute atomic E-state index is 12.6. The molecule has 0 spiro atoms. The van der Waals surface area contributed by atoms with Gasteiger partial charge in [0.15, 0.2) is 5.76 Å². The molecular weight excluding hydrogens is 374 g/mol. The first kappa shape index (κ1) is 16.6. The van der Waals surface area contributed by atoms with Crippen LogP contribution in [0.15, 0.2) is 57.9 Å². The van der Waals surface area contributed by atoms with Crippen molar-refractivity contribution >= 4 is 57.3 Å². The Labute approximate surface area is 157 Å². The highest BCUT2D eigenvalue weighted by molar-refractivity contribution is 8.18. The van der Waals surface area contributed by atoms with Crippen LogP contribution in [-0.4, -0.2) is 16.9 Å². The number of imide groups is 1. The molecule has 0 aliphatic carbocycles. The van der Waals surface area contributed by atoms with Crippen LogP contribution in [0.3, 0.4) is 0 Å². The van der Waals surface area contributed by atoms with E-state index in [1.54, 1.807) is 54.6 Å². The van der Waals surface area contributed by atoms with Crippen LogP contribution in [0.1, 0.15) is 21.7 Å². The monoisotopic (exact) mass is 383 g/mol. The third-order valence-corrected chi connectivity index (χ3v) is 4.84. The fourth-order valence-corrected chi connectivity index (χ4v) is 3.48. The molecule has 1 N–H and O–H groups in total. The van der Waals surface area contributed by atoms with Gasteiger partial charge in [-0.1, -0.05) is 29.8 Å². The second-order valence-electron chi connectivity index (χ2n) is 5.60. The summed E-state index contributed by atoms with van der Waals surface area (Å²) in [5.74, 6) is -0.473. The summed E-state index contributed by atoms with van der Waals surface area (Å²) in [6.07, 6.45) is 1.62. The van der Waals surface area contributed by atoms with Gasteiger partial charge in [0, 0.05) is 16.0 Å². The molecule has 0 atom stereocenters.